The minimum absolute atomic E-state index is 0.0712. The Labute approximate surface area is 109 Å². The lowest BCUT2D eigenvalue weighted by Crippen LogP contribution is -2.25. The first-order chi connectivity index (χ1) is 8.74. The molecule has 0 amide bonds. The molecule has 1 N–H and O–H groups in total. The summed E-state index contributed by atoms with van der Waals surface area (Å²) in [6, 6.07) is 4.55. The Bertz CT molecular complexity index is 597. The summed E-state index contributed by atoms with van der Waals surface area (Å²) in [6.07, 6.45) is -4.42. The Kier molecular flexibility index (Phi) is 4.97. The maximum Gasteiger partial charge on any atom is 0.416 e. The van der Waals surface area contributed by atoms with E-state index in [1.807, 2.05) is 0 Å². The highest BCUT2D eigenvalue weighted by Crippen LogP contribution is 2.29. The molecule has 1 aromatic carbocycles. The van der Waals surface area contributed by atoms with Gasteiger partial charge in [0, 0.05) is 5.56 Å². The van der Waals surface area contributed by atoms with Crippen molar-refractivity contribution in [3.63, 3.8) is 0 Å². The second-order valence-corrected chi connectivity index (χ2v) is 5.70. The molecular weight excluding hydrogens is 279 g/mol. The molecule has 0 heterocycles. The van der Waals surface area contributed by atoms with E-state index in [1.54, 1.807) is 0 Å². The van der Waals surface area contributed by atoms with Crippen LogP contribution in [0.1, 0.15) is 18.1 Å². The van der Waals surface area contributed by atoms with Gasteiger partial charge in [-0.05, 0) is 25.1 Å². The molecule has 3 nitrogen and oxygen atoms in total. The molecule has 0 aliphatic carbocycles. The van der Waals surface area contributed by atoms with Crippen LogP contribution in [-0.4, -0.2) is 20.7 Å². The van der Waals surface area contributed by atoms with Crippen molar-refractivity contribution in [2.24, 2.45) is 0 Å². The van der Waals surface area contributed by atoms with E-state index in [2.05, 4.69) is 16.6 Å². The van der Waals surface area contributed by atoms with E-state index >= 15 is 0 Å². The smallest absolute Gasteiger partial charge is 0.212 e. The molecule has 0 atom stereocenters. The zero-order valence-electron chi connectivity index (χ0n) is 10.1. The third-order valence-corrected chi connectivity index (χ3v) is 3.53. The largest absolute Gasteiger partial charge is 0.416 e. The molecular formula is C12H12F3NO2S. The van der Waals surface area contributed by atoms with Crippen LogP contribution in [0, 0.1) is 11.8 Å². The molecule has 0 radical (unpaired) electrons. The molecule has 1 aromatic rings. The quantitative estimate of drug-likeness (QED) is 0.866. The second kappa shape index (κ2) is 6.08. The first kappa shape index (κ1) is 15.5. The van der Waals surface area contributed by atoms with Gasteiger partial charge in [0.2, 0.25) is 10.0 Å². The third kappa shape index (κ3) is 5.32. The van der Waals surface area contributed by atoms with Gasteiger partial charge in [-0.2, -0.15) is 13.2 Å². The number of alkyl halides is 3. The minimum atomic E-state index is -4.42. The number of benzene rings is 1. The van der Waals surface area contributed by atoms with Gasteiger partial charge in [0.05, 0.1) is 17.9 Å². The Morgan fingerprint density at radius 3 is 2.58 bits per heavy atom. The van der Waals surface area contributed by atoms with E-state index in [4.69, 9.17) is 0 Å². The molecule has 0 bridgehead atoms. The van der Waals surface area contributed by atoms with Crippen LogP contribution >= 0.6 is 0 Å². The molecule has 0 aromatic heterocycles. The van der Waals surface area contributed by atoms with Crippen LogP contribution in [0.3, 0.4) is 0 Å². The van der Waals surface area contributed by atoms with Gasteiger partial charge in [0.1, 0.15) is 0 Å². The molecule has 1 rings (SSSR count). The van der Waals surface area contributed by atoms with Crippen molar-refractivity contribution in [3.8, 4) is 11.8 Å². The number of halogens is 3. The molecule has 0 saturated heterocycles. The summed E-state index contributed by atoms with van der Waals surface area (Å²) in [4.78, 5) is 0. The zero-order valence-corrected chi connectivity index (χ0v) is 10.9. The summed E-state index contributed by atoms with van der Waals surface area (Å²) in [6.45, 7) is 1.34. The van der Waals surface area contributed by atoms with E-state index in [9.17, 15) is 21.6 Å². The topological polar surface area (TPSA) is 46.2 Å². The van der Waals surface area contributed by atoms with Gasteiger partial charge in [-0.3, -0.25) is 0 Å². The summed E-state index contributed by atoms with van der Waals surface area (Å²) in [5, 5.41) is 0. The summed E-state index contributed by atoms with van der Waals surface area (Å²) in [5.74, 6) is 4.87. The van der Waals surface area contributed by atoms with Crippen LogP contribution in [-0.2, 0) is 16.2 Å². The molecule has 0 unspecified atom stereocenters. The first-order valence-electron chi connectivity index (χ1n) is 5.38. The SMILES string of the molecule is CCS(=O)(=O)NCC#Cc1cccc(C(F)(F)F)c1. The number of rotatable bonds is 3. The fourth-order valence-electron chi connectivity index (χ4n) is 1.17. The van der Waals surface area contributed by atoms with Gasteiger partial charge in [0.25, 0.3) is 0 Å². The second-order valence-electron chi connectivity index (χ2n) is 3.60. The highest BCUT2D eigenvalue weighted by Gasteiger charge is 2.30. The Morgan fingerprint density at radius 2 is 2.00 bits per heavy atom. The highest BCUT2D eigenvalue weighted by atomic mass is 32.2. The van der Waals surface area contributed by atoms with E-state index in [0.29, 0.717) is 0 Å². The van der Waals surface area contributed by atoms with Crippen LogP contribution in [0.15, 0.2) is 24.3 Å². The van der Waals surface area contributed by atoms with Crippen LogP contribution in [0.25, 0.3) is 0 Å². The summed E-state index contributed by atoms with van der Waals surface area (Å²) < 4.78 is 61.6. The van der Waals surface area contributed by atoms with Gasteiger partial charge in [0.15, 0.2) is 0 Å². The molecule has 0 fully saturated rings. The predicted molar refractivity (Wildman–Crippen MR) is 65.8 cm³/mol. The Balaban J connectivity index is 2.74. The van der Waals surface area contributed by atoms with Crippen molar-refractivity contribution in [2.75, 3.05) is 12.3 Å². The van der Waals surface area contributed by atoms with E-state index < -0.39 is 21.8 Å². The molecule has 0 aliphatic rings. The molecule has 7 heteroatoms. The summed E-state index contributed by atoms with van der Waals surface area (Å²) >= 11 is 0. The zero-order chi connectivity index (χ0) is 14.5. The van der Waals surface area contributed by atoms with Gasteiger partial charge in [-0.25, -0.2) is 13.1 Å². The van der Waals surface area contributed by atoms with Crippen LogP contribution in [0.4, 0.5) is 13.2 Å². The number of hydrogen-bond acceptors (Lipinski definition) is 2. The average molecular weight is 291 g/mol. The summed E-state index contributed by atoms with van der Waals surface area (Å²) in [5.41, 5.74) is -0.598. The standard InChI is InChI=1S/C12H12F3NO2S/c1-2-19(17,18)16-8-4-6-10-5-3-7-11(9-10)12(13,14)15/h3,5,7,9,16H,2,8H2,1H3. The lowest BCUT2D eigenvalue weighted by atomic mass is 10.1. The van der Waals surface area contributed by atoms with Crippen molar-refractivity contribution in [1.29, 1.82) is 0 Å². The Morgan fingerprint density at radius 1 is 1.32 bits per heavy atom. The maximum atomic E-state index is 12.4. The molecule has 0 saturated carbocycles. The van der Waals surface area contributed by atoms with Gasteiger partial charge in [-0.15, -0.1) is 0 Å². The fourth-order valence-corrected chi connectivity index (χ4v) is 1.66. The van der Waals surface area contributed by atoms with E-state index in [1.165, 1.54) is 19.1 Å². The fraction of sp³-hybridized carbons (Fsp3) is 0.333. The number of nitrogens with one attached hydrogen (secondary N) is 1. The van der Waals surface area contributed by atoms with Gasteiger partial charge >= 0.3 is 6.18 Å². The minimum Gasteiger partial charge on any atom is -0.212 e. The van der Waals surface area contributed by atoms with Crippen LogP contribution in [0.2, 0.25) is 0 Å². The lowest BCUT2D eigenvalue weighted by Gasteiger charge is -2.05. The van der Waals surface area contributed by atoms with Crippen molar-refractivity contribution >= 4 is 10.0 Å². The molecule has 0 spiro atoms. The first-order valence-corrected chi connectivity index (χ1v) is 7.03. The monoisotopic (exact) mass is 291 g/mol. The van der Waals surface area contributed by atoms with Crippen molar-refractivity contribution in [1.82, 2.24) is 4.72 Å². The highest BCUT2D eigenvalue weighted by molar-refractivity contribution is 7.89. The van der Waals surface area contributed by atoms with E-state index in [0.717, 1.165) is 12.1 Å². The molecule has 104 valence electrons. The van der Waals surface area contributed by atoms with Gasteiger partial charge in [-0.1, -0.05) is 17.9 Å². The lowest BCUT2D eigenvalue weighted by molar-refractivity contribution is -0.137. The maximum absolute atomic E-state index is 12.4. The van der Waals surface area contributed by atoms with Crippen molar-refractivity contribution < 1.29 is 21.6 Å². The summed E-state index contributed by atoms with van der Waals surface area (Å²) in [7, 11) is -3.34. The normalized spacial score (nSPS) is 11.8. The molecule has 0 aliphatic heterocycles. The number of hydrogen-bond donors (Lipinski definition) is 1. The van der Waals surface area contributed by atoms with Crippen molar-refractivity contribution in [3.05, 3.63) is 35.4 Å². The number of sulfonamides is 1. The van der Waals surface area contributed by atoms with E-state index in [-0.39, 0.29) is 17.9 Å². The predicted octanol–water partition coefficient (Wildman–Crippen LogP) is 2.00. The van der Waals surface area contributed by atoms with Gasteiger partial charge < -0.3 is 0 Å². The average Bonchev–Trinajstić information content (AvgIpc) is 2.34. The van der Waals surface area contributed by atoms with Crippen LogP contribution < -0.4 is 4.72 Å². The van der Waals surface area contributed by atoms with Crippen molar-refractivity contribution in [2.45, 2.75) is 13.1 Å². The molecule has 19 heavy (non-hydrogen) atoms. The third-order valence-electron chi connectivity index (χ3n) is 2.18. The van der Waals surface area contributed by atoms with Crippen LogP contribution in [0.5, 0.6) is 0 Å². The Hall–Kier alpha value is -1.52.